The van der Waals surface area contributed by atoms with E-state index in [1.54, 1.807) is 18.3 Å². The van der Waals surface area contributed by atoms with Gasteiger partial charge in [0.1, 0.15) is 0 Å². The molecule has 0 saturated heterocycles. The number of anilines is 1. The summed E-state index contributed by atoms with van der Waals surface area (Å²) in [5.41, 5.74) is 0.885. The summed E-state index contributed by atoms with van der Waals surface area (Å²) < 4.78 is 25.7. The van der Waals surface area contributed by atoms with Gasteiger partial charge in [0.05, 0.1) is 16.1 Å². The fraction of sp³-hybridized carbons (Fsp3) is 0.545. The minimum atomic E-state index is -3.27. The van der Waals surface area contributed by atoms with E-state index >= 15 is 0 Å². The maximum absolute atomic E-state index is 13.0. The highest BCUT2D eigenvalue weighted by Gasteiger charge is 2.31. The number of nitrogens with one attached hydrogen (secondary N) is 1. The Balaban J connectivity index is 1.55. The lowest BCUT2D eigenvalue weighted by Gasteiger charge is -2.20. The van der Waals surface area contributed by atoms with Crippen LogP contribution in [0.3, 0.4) is 0 Å². The van der Waals surface area contributed by atoms with Crippen molar-refractivity contribution in [1.29, 1.82) is 0 Å². The van der Waals surface area contributed by atoms with E-state index in [-0.39, 0.29) is 17.1 Å². The first kappa shape index (κ1) is 20.5. The molecule has 1 aromatic heterocycles. The Kier molecular flexibility index (Phi) is 6.35. The van der Waals surface area contributed by atoms with Gasteiger partial charge in [-0.15, -0.1) is 11.3 Å². The summed E-state index contributed by atoms with van der Waals surface area (Å²) in [5.74, 6) is 0.201. The third-order valence-corrected chi connectivity index (χ3v) is 9.34. The van der Waals surface area contributed by atoms with Crippen molar-refractivity contribution in [1.82, 2.24) is 4.98 Å². The number of thiazole rings is 1. The maximum Gasteiger partial charge on any atom is 0.233 e. The lowest BCUT2D eigenvalue weighted by molar-refractivity contribution is -0.118. The van der Waals surface area contributed by atoms with E-state index in [0.717, 1.165) is 50.5 Å². The molecule has 0 radical (unpaired) electrons. The summed E-state index contributed by atoms with van der Waals surface area (Å²) in [6.07, 6.45) is 10.7. The summed E-state index contributed by atoms with van der Waals surface area (Å²) in [6, 6.07) is 7.06. The van der Waals surface area contributed by atoms with E-state index in [1.165, 1.54) is 24.2 Å². The van der Waals surface area contributed by atoms with Crippen molar-refractivity contribution in [2.24, 2.45) is 5.92 Å². The van der Waals surface area contributed by atoms with Crippen molar-refractivity contribution >= 4 is 32.2 Å². The number of sulfone groups is 1. The molecule has 2 aromatic rings. The van der Waals surface area contributed by atoms with Crippen molar-refractivity contribution in [2.45, 2.75) is 73.9 Å². The number of benzene rings is 1. The molecule has 1 amide bonds. The lowest BCUT2D eigenvalue weighted by atomic mass is 9.87. The second kappa shape index (κ2) is 8.96. The minimum Gasteiger partial charge on any atom is -0.301 e. The Morgan fingerprint density at radius 3 is 2.34 bits per heavy atom. The minimum absolute atomic E-state index is 0.0572. The van der Waals surface area contributed by atoms with Gasteiger partial charge in [-0.25, -0.2) is 13.4 Å². The number of carbonyl (C=O) groups excluding carboxylic acids is 1. The number of aromatic nitrogens is 1. The monoisotopic (exact) mass is 432 g/mol. The largest absolute Gasteiger partial charge is 0.301 e. The predicted molar refractivity (Wildman–Crippen MR) is 116 cm³/mol. The van der Waals surface area contributed by atoms with E-state index in [2.05, 4.69) is 10.3 Å². The molecule has 7 heteroatoms. The van der Waals surface area contributed by atoms with E-state index in [4.69, 9.17) is 0 Å². The van der Waals surface area contributed by atoms with Gasteiger partial charge < -0.3 is 5.32 Å². The molecule has 1 atom stereocenters. The molecule has 0 bridgehead atoms. The normalized spacial score (nSPS) is 19.4. The zero-order chi connectivity index (χ0) is 20.3. The Morgan fingerprint density at radius 2 is 1.72 bits per heavy atom. The van der Waals surface area contributed by atoms with Crippen LogP contribution in [0.5, 0.6) is 0 Å². The van der Waals surface area contributed by atoms with Gasteiger partial charge in [0.2, 0.25) is 5.91 Å². The molecule has 2 fully saturated rings. The molecule has 5 nitrogen and oxygen atoms in total. The molecule has 1 heterocycles. The van der Waals surface area contributed by atoms with Gasteiger partial charge in [-0.2, -0.15) is 0 Å². The van der Waals surface area contributed by atoms with E-state index in [9.17, 15) is 13.2 Å². The molecule has 156 valence electrons. The Labute approximate surface area is 176 Å². The summed E-state index contributed by atoms with van der Waals surface area (Å²) in [6.45, 7) is 0. The van der Waals surface area contributed by atoms with Crippen molar-refractivity contribution < 1.29 is 13.2 Å². The fourth-order valence-corrected chi connectivity index (χ4v) is 7.12. The zero-order valence-corrected chi connectivity index (χ0v) is 18.2. The molecular formula is C22H28N2O3S2. The van der Waals surface area contributed by atoms with Gasteiger partial charge in [0.15, 0.2) is 15.0 Å². The second-order valence-electron chi connectivity index (χ2n) is 8.29. The Bertz CT molecular complexity index is 911. The second-order valence-corrected chi connectivity index (χ2v) is 11.4. The SMILES string of the molecule is O=C(Nc1nccs1)C(CC1CCCC1)c1ccc(S(=O)(=O)C2CCCC2)cc1. The van der Waals surface area contributed by atoms with Gasteiger partial charge >= 0.3 is 0 Å². The van der Waals surface area contributed by atoms with E-state index in [1.807, 2.05) is 17.5 Å². The molecule has 2 saturated carbocycles. The summed E-state index contributed by atoms with van der Waals surface area (Å²) in [5, 5.41) is 5.12. The van der Waals surface area contributed by atoms with E-state index < -0.39 is 9.84 Å². The molecule has 29 heavy (non-hydrogen) atoms. The Hall–Kier alpha value is -1.73. The van der Waals surface area contributed by atoms with Crippen LogP contribution in [0.15, 0.2) is 40.7 Å². The van der Waals surface area contributed by atoms with Crippen LogP contribution in [0.2, 0.25) is 0 Å². The first-order chi connectivity index (χ1) is 14.0. The molecular weight excluding hydrogens is 404 g/mol. The van der Waals surface area contributed by atoms with Crippen molar-refractivity contribution in [3.05, 3.63) is 41.4 Å². The number of nitrogens with zero attached hydrogens (tertiary/aromatic N) is 1. The molecule has 4 rings (SSSR count). The molecule has 2 aliphatic rings. The van der Waals surface area contributed by atoms with Crippen LogP contribution in [-0.2, 0) is 14.6 Å². The lowest BCUT2D eigenvalue weighted by Crippen LogP contribution is -2.23. The molecule has 1 N–H and O–H groups in total. The zero-order valence-electron chi connectivity index (χ0n) is 16.5. The number of carbonyl (C=O) groups is 1. The number of hydrogen-bond donors (Lipinski definition) is 1. The maximum atomic E-state index is 13.0. The van der Waals surface area contributed by atoms with Crippen molar-refractivity contribution in [3.63, 3.8) is 0 Å². The number of rotatable bonds is 7. The van der Waals surface area contributed by atoms with Crippen molar-refractivity contribution in [2.75, 3.05) is 5.32 Å². The van der Waals surface area contributed by atoms with Gasteiger partial charge in [0.25, 0.3) is 0 Å². The van der Waals surface area contributed by atoms with Crippen LogP contribution in [0.4, 0.5) is 5.13 Å². The molecule has 1 unspecified atom stereocenters. The molecule has 2 aliphatic carbocycles. The average Bonchev–Trinajstić information content (AvgIpc) is 3.50. The molecule has 1 aromatic carbocycles. The highest BCUT2D eigenvalue weighted by Crippen LogP contribution is 2.36. The number of hydrogen-bond acceptors (Lipinski definition) is 5. The first-order valence-electron chi connectivity index (χ1n) is 10.6. The third-order valence-electron chi connectivity index (χ3n) is 6.37. The Morgan fingerprint density at radius 1 is 1.07 bits per heavy atom. The van der Waals surface area contributed by atoms with Gasteiger partial charge in [-0.05, 0) is 42.9 Å². The standard InChI is InChI=1S/C22H28N2O3S2/c25-21(24-22-23-13-14-28-22)20(15-16-5-1-2-6-16)17-9-11-19(12-10-17)29(26,27)18-7-3-4-8-18/h9-14,16,18,20H,1-8,15H2,(H,23,24,25). The number of amides is 1. The van der Waals surface area contributed by atoms with Gasteiger partial charge in [0, 0.05) is 11.6 Å². The predicted octanol–water partition coefficient (Wildman–Crippen LogP) is 5.16. The third kappa shape index (κ3) is 4.72. The van der Waals surface area contributed by atoms with Crippen LogP contribution in [0.25, 0.3) is 0 Å². The topological polar surface area (TPSA) is 76.1 Å². The quantitative estimate of drug-likeness (QED) is 0.655. The van der Waals surface area contributed by atoms with E-state index in [0.29, 0.717) is 15.9 Å². The average molecular weight is 433 g/mol. The summed E-state index contributed by atoms with van der Waals surface area (Å²) in [7, 11) is -3.27. The van der Waals surface area contributed by atoms with Crippen LogP contribution >= 0.6 is 11.3 Å². The highest BCUT2D eigenvalue weighted by molar-refractivity contribution is 7.92. The van der Waals surface area contributed by atoms with Gasteiger partial charge in [-0.3, -0.25) is 4.79 Å². The fourth-order valence-electron chi connectivity index (χ4n) is 4.73. The molecule has 0 aliphatic heterocycles. The highest BCUT2D eigenvalue weighted by atomic mass is 32.2. The van der Waals surface area contributed by atoms with Crippen LogP contribution in [0, 0.1) is 5.92 Å². The smallest absolute Gasteiger partial charge is 0.233 e. The van der Waals surface area contributed by atoms with Crippen LogP contribution in [-0.4, -0.2) is 24.6 Å². The summed E-state index contributed by atoms with van der Waals surface area (Å²) in [4.78, 5) is 17.6. The summed E-state index contributed by atoms with van der Waals surface area (Å²) >= 11 is 1.40. The molecule has 0 spiro atoms. The van der Waals surface area contributed by atoms with Crippen LogP contribution in [0.1, 0.15) is 69.3 Å². The first-order valence-corrected chi connectivity index (χ1v) is 13.0. The van der Waals surface area contributed by atoms with Gasteiger partial charge in [-0.1, -0.05) is 50.7 Å². The van der Waals surface area contributed by atoms with Crippen LogP contribution < -0.4 is 5.32 Å². The van der Waals surface area contributed by atoms with Crippen molar-refractivity contribution in [3.8, 4) is 0 Å².